The summed E-state index contributed by atoms with van der Waals surface area (Å²) in [5, 5.41) is 8.76. The quantitative estimate of drug-likeness (QED) is 0.802. The molecule has 0 saturated carbocycles. The molecule has 16 heavy (non-hydrogen) atoms. The van der Waals surface area contributed by atoms with Crippen molar-refractivity contribution in [2.24, 2.45) is 0 Å². The average molecular weight is 242 g/mol. The van der Waals surface area contributed by atoms with Crippen molar-refractivity contribution in [2.75, 3.05) is 25.7 Å². The lowest BCUT2D eigenvalue weighted by molar-refractivity contribution is 0.194. The van der Waals surface area contributed by atoms with Gasteiger partial charge in [-0.25, -0.2) is 0 Å². The largest absolute Gasteiger partial charge is 0.508 e. The Bertz CT molecular complexity index is 220. The van der Waals surface area contributed by atoms with Crippen molar-refractivity contribution in [3.05, 3.63) is 29.8 Å². The fraction of sp³-hybridized carbons (Fsp3) is 0.538. The molecule has 0 bridgehead atoms. The maximum Gasteiger partial charge on any atom is 0.115 e. The van der Waals surface area contributed by atoms with Crippen molar-refractivity contribution >= 4 is 11.8 Å². The minimum Gasteiger partial charge on any atom is -0.508 e. The number of phenols is 1. The first kappa shape index (κ1) is 15.3. The van der Waals surface area contributed by atoms with Crippen molar-refractivity contribution in [2.45, 2.75) is 19.8 Å². The minimum atomic E-state index is 0.329. The Labute approximate surface area is 103 Å². The third-order valence-electron chi connectivity index (χ3n) is 1.98. The molecule has 0 aliphatic carbocycles. The summed E-state index contributed by atoms with van der Waals surface area (Å²) in [6.07, 6.45) is 4.62. The second kappa shape index (κ2) is 10.8. The molecule has 0 saturated heterocycles. The predicted molar refractivity (Wildman–Crippen MR) is 72.3 cm³/mol. The van der Waals surface area contributed by atoms with Gasteiger partial charge in [0, 0.05) is 13.7 Å². The van der Waals surface area contributed by atoms with Crippen molar-refractivity contribution in [3.63, 3.8) is 0 Å². The Hall–Kier alpha value is -0.670. The summed E-state index contributed by atoms with van der Waals surface area (Å²) >= 11 is 1.90. The Morgan fingerprint density at radius 2 is 1.81 bits per heavy atom. The molecule has 1 rings (SSSR count). The summed E-state index contributed by atoms with van der Waals surface area (Å²) in [6.45, 7) is 2.90. The fourth-order valence-electron chi connectivity index (χ4n) is 1.04. The topological polar surface area (TPSA) is 29.5 Å². The molecule has 0 radical (unpaired) electrons. The van der Waals surface area contributed by atoms with E-state index in [1.165, 1.54) is 24.2 Å². The monoisotopic (exact) mass is 242 g/mol. The Kier molecular flexibility index (Phi) is 10.4. The molecule has 0 heterocycles. The molecule has 0 aromatic heterocycles. The van der Waals surface area contributed by atoms with E-state index in [1.807, 2.05) is 30.8 Å². The molecule has 0 unspecified atom stereocenters. The van der Waals surface area contributed by atoms with Crippen LogP contribution in [0.4, 0.5) is 0 Å². The number of ether oxygens (including phenoxy) is 1. The van der Waals surface area contributed by atoms with Crippen LogP contribution in [0.25, 0.3) is 0 Å². The zero-order valence-electron chi connectivity index (χ0n) is 10.4. The molecule has 3 heteroatoms. The zero-order valence-corrected chi connectivity index (χ0v) is 11.2. The standard InChI is InChI=1S/C7H8O.C6H14OS/c1-6-2-4-7(8)5-3-6;1-7-5-3-4-6-8-2/h2-5,8H,1H3;3-6H2,1-2H3. The van der Waals surface area contributed by atoms with Gasteiger partial charge in [-0.3, -0.25) is 0 Å². The number of hydrogen-bond acceptors (Lipinski definition) is 3. The summed E-state index contributed by atoms with van der Waals surface area (Å²) in [7, 11) is 1.75. The van der Waals surface area contributed by atoms with Crippen LogP contribution >= 0.6 is 11.8 Å². The lowest BCUT2D eigenvalue weighted by atomic mass is 10.2. The van der Waals surface area contributed by atoms with Gasteiger partial charge in [0.25, 0.3) is 0 Å². The first-order valence-electron chi connectivity index (χ1n) is 5.44. The lowest BCUT2D eigenvalue weighted by Gasteiger charge is -1.95. The van der Waals surface area contributed by atoms with Gasteiger partial charge >= 0.3 is 0 Å². The van der Waals surface area contributed by atoms with Crippen molar-refractivity contribution in [1.29, 1.82) is 0 Å². The molecule has 1 aromatic carbocycles. The molecule has 0 aliphatic heterocycles. The molecule has 0 atom stereocenters. The van der Waals surface area contributed by atoms with Gasteiger partial charge in [-0.15, -0.1) is 0 Å². The Balaban J connectivity index is 0.000000281. The third kappa shape index (κ3) is 9.87. The number of thioether (sulfide) groups is 1. The van der Waals surface area contributed by atoms with Crippen molar-refractivity contribution in [1.82, 2.24) is 0 Å². The molecule has 2 nitrogen and oxygen atoms in total. The maximum atomic E-state index is 8.76. The van der Waals surface area contributed by atoms with Gasteiger partial charge in [0.2, 0.25) is 0 Å². The van der Waals surface area contributed by atoms with Crippen LogP contribution in [0.5, 0.6) is 5.75 Å². The van der Waals surface area contributed by atoms with Crippen molar-refractivity contribution < 1.29 is 9.84 Å². The summed E-state index contributed by atoms with van der Waals surface area (Å²) in [4.78, 5) is 0. The van der Waals surface area contributed by atoms with E-state index in [-0.39, 0.29) is 0 Å². The highest BCUT2D eigenvalue weighted by atomic mass is 32.2. The highest BCUT2D eigenvalue weighted by Gasteiger charge is 1.83. The number of benzene rings is 1. The van der Waals surface area contributed by atoms with Gasteiger partial charge < -0.3 is 9.84 Å². The number of rotatable bonds is 5. The fourth-order valence-corrected chi connectivity index (χ4v) is 1.53. The van der Waals surface area contributed by atoms with E-state index < -0.39 is 0 Å². The molecule has 1 N–H and O–H groups in total. The average Bonchev–Trinajstić information content (AvgIpc) is 2.30. The van der Waals surface area contributed by atoms with Crippen LogP contribution in [-0.2, 0) is 4.74 Å². The van der Waals surface area contributed by atoms with E-state index in [1.54, 1.807) is 19.2 Å². The van der Waals surface area contributed by atoms with Crippen LogP contribution in [0.1, 0.15) is 18.4 Å². The van der Waals surface area contributed by atoms with Gasteiger partial charge in [-0.1, -0.05) is 17.7 Å². The van der Waals surface area contributed by atoms with E-state index in [2.05, 4.69) is 6.26 Å². The molecule has 0 aliphatic rings. The van der Waals surface area contributed by atoms with Crippen LogP contribution < -0.4 is 0 Å². The van der Waals surface area contributed by atoms with Crippen LogP contribution in [0.15, 0.2) is 24.3 Å². The van der Waals surface area contributed by atoms with Gasteiger partial charge in [0.05, 0.1) is 0 Å². The number of aryl methyl sites for hydroxylation is 1. The number of methoxy groups -OCH3 is 1. The number of hydrogen-bond donors (Lipinski definition) is 1. The van der Waals surface area contributed by atoms with Crippen LogP contribution in [-0.4, -0.2) is 30.8 Å². The van der Waals surface area contributed by atoms with Gasteiger partial charge in [0.15, 0.2) is 0 Å². The Morgan fingerprint density at radius 1 is 1.19 bits per heavy atom. The van der Waals surface area contributed by atoms with E-state index in [9.17, 15) is 0 Å². The summed E-state index contributed by atoms with van der Waals surface area (Å²) < 4.78 is 4.88. The molecular formula is C13H22O2S. The van der Waals surface area contributed by atoms with E-state index >= 15 is 0 Å². The summed E-state index contributed by atoms with van der Waals surface area (Å²) in [6, 6.07) is 7.09. The van der Waals surface area contributed by atoms with Gasteiger partial charge in [-0.2, -0.15) is 11.8 Å². The normalized spacial score (nSPS) is 9.44. The Morgan fingerprint density at radius 3 is 2.25 bits per heavy atom. The highest BCUT2D eigenvalue weighted by Crippen LogP contribution is 2.07. The molecule has 0 fully saturated rings. The van der Waals surface area contributed by atoms with Crippen molar-refractivity contribution in [3.8, 4) is 5.75 Å². The predicted octanol–water partition coefficient (Wildman–Crippen LogP) is 3.48. The lowest BCUT2D eigenvalue weighted by Crippen LogP contribution is -1.88. The minimum absolute atomic E-state index is 0.329. The third-order valence-corrected chi connectivity index (χ3v) is 2.68. The first-order chi connectivity index (χ1) is 7.70. The van der Waals surface area contributed by atoms with Crippen LogP contribution in [0.2, 0.25) is 0 Å². The first-order valence-corrected chi connectivity index (χ1v) is 6.83. The molecular weight excluding hydrogens is 220 g/mol. The summed E-state index contributed by atoms with van der Waals surface area (Å²) in [5.74, 6) is 1.60. The maximum absolute atomic E-state index is 8.76. The number of unbranched alkanes of at least 4 members (excludes halogenated alkanes) is 1. The van der Waals surface area contributed by atoms with E-state index in [0.29, 0.717) is 5.75 Å². The van der Waals surface area contributed by atoms with Crippen LogP contribution in [0, 0.1) is 6.92 Å². The molecule has 0 spiro atoms. The number of phenolic OH excluding ortho intramolecular Hbond substituents is 1. The second-order valence-corrected chi connectivity index (χ2v) is 4.51. The van der Waals surface area contributed by atoms with E-state index in [4.69, 9.17) is 9.84 Å². The molecule has 0 amide bonds. The van der Waals surface area contributed by atoms with Gasteiger partial charge in [-0.05, 0) is 43.9 Å². The zero-order chi connectivity index (χ0) is 12.2. The smallest absolute Gasteiger partial charge is 0.115 e. The molecule has 1 aromatic rings. The number of aromatic hydroxyl groups is 1. The second-order valence-electron chi connectivity index (χ2n) is 3.53. The van der Waals surface area contributed by atoms with Crippen LogP contribution in [0.3, 0.4) is 0 Å². The van der Waals surface area contributed by atoms with Gasteiger partial charge in [0.1, 0.15) is 5.75 Å². The molecule has 92 valence electrons. The van der Waals surface area contributed by atoms with E-state index in [0.717, 1.165) is 6.61 Å². The summed E-state index contributed by atoms with van der Waals surface area (Å²) in [5.41, 5.74) is 1.17. The highest BCUT2D eigenvalue weighted by molar-refractivity contribution is 7.98. The SMILES string of the molecule is COCCCCSC.Cc1ccc(O)cc1.